The highest BCUT2D eigenvalue weighted by Crippen LogP contribution is 2.61. The summed E-state index contributed by atoms with van der Waals surface area (Å²) >= 11 is 0. The molecule has 0 spiro atoms. The van der Waals surface area contributed by atoms with Crippen LogP contribution in [-0.2, 0) is 27.1 Å². The molecule has 0 amide bonds. The van der Waals surface area contributed by atoms with E-state index in [9.17, 15) is 0 Å². The molecule has 0 atom stereocenters. The molecule has 2 aromatic carbocycles. The van der Waals surface area contributed by atoms with Crippen molar-refractivity contribution in [2.45, 2.75) is 123 Å². The summed E-state index contributed by atoms with van der Waals surface area (Å²) < 4.78 is 25.8. The van der Waals surface area contributed by atoms with Crippen molar-refractivity contribution in [2.75, 3.05) is 0 Å². The van der Waals surface area contributed by atoms with E-state index in [-0.39, 0.29) is 27.1 Å². The van der Waals surface area contributed by atoms with E-state index in [1.165, 1.54) is 27.8 Å². The van der Waals surface area contributed by atoms with Gasteiger partial charge < -0.3 is 0 Å². The van der Waals surface area contributed by atoms with Crippen LogP contribution in [0, 0.1) is 6.85 Å². The predicted molar refractivity (Wildman–Crippen MR) is 160 cm³/mol. The summed E-state index contributed by atoms with van der Waals surface area (Å²) in [4.78, 5) is 4.85. The quantitative estimate of drug-likeness (QED) is 0.344. The Labute approximate surface area is 230 Å². The Bertz CT molecular complexity index is 1440. The molecule has 5 rings (SSSR count). The largest absolute Gasteiger partial charge is 0.256 e. The minimum atomic E-state index is -2.23. The predicted octanol–water partition coefficient (Wildman–Crippen LogP) is 9.94. The first-order chi connectivity index (χ1) is 18.1. The van der Waals surface area contributed by atoms with E-state index in [2.05, 4.69) is 100 Å². The Morgan fingerprint density at radius 2 is 1.30 bits per heavy atom. The SMILES string of the molecule is [2H]C([2H])([2H])c1ccc(-c2ccc(C(C)(C)C)cn2)cc1-c1c2c(cc3c1C(C)(C)CC3(C)C)C(C)(C)CC2(C)C. The summed E-state index contributed by atoms with van der Waals surface area (Å²) in [5, 5.41) is 0. The van der Waals surface area contributed by atoms with Gasteiger partial charge in [0.2, 0.25) is 0 Å². The second-order valence-electron chi connectivity index (χ2n) is 15.4. The molecule has 1 heterocycles. The Morgan fingerprint density at radius 1 is 0.730 bits per heavy atom. The molecule has 1 aromatic heterocycles. The molecule has 1 heteroatoms. The van der Waals surface area contributed by atoms with Crippen LogP contribution < -0.4 is 0 Å². The molecule has 0 bridgehead atoms. The maximum atomic E-state index is 8.60. The number of rotatable bonds is 2. The number of hydrogen-bond acceptors (Lipinski definition) is 1. The minimum absolute atomic E-state index is 0.00746. The van der Waals surface area contributed by atoms with Crippen LogP contribution in [0.15, 0.2) is 42.6 Å². The van der Waals surface area contributed by atoms with Crippen molar-refractivity contribution < 1.29 is 4.11 Å². The molecule has 0 saturated carbocycles. The van der Waals surface area contributed by atoms with Gasteiger partial charge in [-0.05, 0) is 103 Å². The molecule has 1 nitrogen and oxygen atoms in total. The molecule has 0 aliphatic heterocycles. The number of pyridine rings is 1. The molecule has 2 aliphatic rings. The van der Waals surface area contributed by atoms with Crippen molar-refractivity contribution in [3.05, 3.63) is 76.0 Å². The number of fused-ring (bicyclic) bond motifs is 2. The van der Waals surface area contributed by atoms with Crippen LogP contribution in [0.2, 0.25) is 0 Å². The van der Waals surface area contributed by atoms with Gasteiger partial charge in [-0.3, -0.25) is 4.98 Å². The smallest absolute Gasteiger partial charge is 0.0702 e. The molecule has 3 aromatic rings. The lowest BCUT2D eigenvalue weighted by molar-refractivity contribution is 0.396. The average Bonchev–Trinajstić information content (AvgIpc) is 3.11. The number of aromatic nitrogens is 1. The van der Waals surface area contributed by atoms with Gasteiger partial charge in [0.15, 0.2) is 0 Å². The monoisotopic (exact) mass is 496 g/mol. The van der Waals surface area contributed by atoms with Gasteiger partial charge in [0.1, 0.15) is 0 Å². The van der Waals surface area contributed by atoms with Gasteiger partial charge in [0.25, 0.3) is 0 Å². The van der Waals surface area contributed by atoms with E-state index in [1.807, 2.05) is 18.3 Å². The van der Waals surface area contributed by atoms with E-state index < -0.39 is 6.85 Å². The van der Waals surface area contributed by atoms with Crippen LogP contribution in [-0.4, -0.2) is 4.98 Å². The molecular weight excluding hydrogens is 446 g/mol. The number of benzene rings is 2. The topological polar surface area (TPSA) is 12.9 Å². The molecule has 2 aliphatic carbocycles. The van der Waals surface area contributed by atoms with Gasteiger partial charge in [0.05, 0.1) is 5.69 Å². The van der Waals surface area contributed by atoms with Crippen molar-refractivity contribution in [2.24, 2.45) is 0 Å². The van der Waals surface area contributed by atoms with E-state index in [0.29, 0.717) is 5.56 Å². The van der Waals surface area contributed by atoms with Gasteiger partial charge in [-0.1, -0.05) is 100 Å². The van der Waals surface area contributed by atoms with Crippen molar-refractivity contribution >= 4 is 0 Å². The maximum Gasteiger partial charge on any atom is 0.0702 e. The Morgan fingerprint density at radius 3 is 1.76 bits per heavy atom. The highest BCUT2D eigenvalue weighted by Gasteiger charge is 2.50. The first-order valence-corrected chi connectivity index (χ1v) is 13.9. The van der Waals surface area contributed by atoms with Gasteiger partial charge in [-0.25, -0.2) is 0 Å². The summed E-state index contributed by atoms with van der Waals surface area (Å²) in [6.07, 6.45) is 4.03. The molecule has 0 N–H and O–H groups in total. The summed E-state index contributed by atoms with van der Waals surface area (Å²) in [7, 11) is 0. The van der Waals surface area contributed by atoms with Crippen LogP contribution in [0.4, 0.5) is 0 Å². The van der Waals surface area contributed by atoms with Crippen LogP contribution in [0.5, 0.6) is 0 Å². The second-order valence-corrected chi connectivity index (χ2v) is 15.4. The highest BCUT2D eigenvalue weighted by molar-refractivity contribution is 5.84. The zero-order valence-electron chi connectivity index (χ0n) is 27.9. The number of hydrogen-bond donors (Lipinski definition) is 0. The summed E-state index contributed by atoms with van der Waals surface area (Å²) in [6.45, 7) is 23.1. The minimum Gasteiger partial charge on any atom is -0.256 e. The second kappa shape index (κ2) is 7.81. The zero-order chi connectivity index (χ0) is 29.8. The normalized spacial score (nSPS) is 22.1. The lowest BCUT2D eigenvalue weighted by Crippen LogP contribution is -2.20. The maximum absolute atomic E-state index is 8.60. The van der Waals surface area contributed by atoms with Crippen LogP contribution >= 0.6 is 0 Å². The lowest BCUT2D eigenvalue weighted by atomic mass is 9.73. The van der Waals surface area contributed by atoms with E-state index in [1.54, 1.807) is 0 Å². The van der Waals surface area contributed by atoms with Gasteiger partial charge in [-0.15, -0.1) is 0 Å². The molecule has 0 saturated heterocycles. The Balaban J connectivity index is 1.90. The van der Waals surface area contributed by atoms with E-state index in [4.69, 9.17) is 9.10 Å². The van der Waals surface area contributed by atoms with Gasteiger partial charge in [0, 0.05) is 15.9 Å². The zero-order valence-corrected chi connectivity index (χ0v) is 24.9. The summed E-state index contributed by atoms with van der Waals surface area (Å²) in [6, 6.07) is 12.6. The summed E-state index contributed by atoms with van der Waals surface area (Å²) in [5.74, 6) is 0. The van der Waals surface area contributed by atoms with Crippen LogP contribution in [0.1, 0.15) is 126 Å². The lowest BCUT2D eigenvalue weighted by Gasteiger charge is -2.30. The third kappa shape index (κ3) is 4.08. The molecule has 0 unspecified atom stereocenters. The first-order valence-electron chi connectivity index (χ1n) is 15.4. The van der Waals surface area contributed by atoms with Crippen molar-refractivity contribution in [3.8, 4) is 22.4 Å². The molecular formula is C36H47N. The standard InChI is InChI=1S/C36H47N/c1-22-13-14-23(28-16-15-24(19-37-28)32(2,3)4)17-25(22)29-30-26(33(5,6)20-35(30,9)10)18-27-31(29)36(11,12)21-34(27,7)8/h13-19H,20-21H2,1-12H3/i1D3. The van der Waals surface area contributed by atoms with Crippen molar-refractivity contribution in [3.63, 3.8) is 0 Å². The molecule has 0 fully saturated rings. The van der Waals surface area contributed by atoms with Crippen molar-refractivity contribution in [1.82, 2.24) is 4.98 Å². The van der Waals surface area contributed by atoms with Crippen LogP contribution in [0.25, 0.3) is 22.4 Å². The Hall–Kier alpha value is -2.41. The summed E-state index contributed by atoms with van der Waals surface area (Å²) in [5.41, 5.74) is 10.8. The van der Waals surface area contributed by atoms with Crippen molar-refractivity contribution in [1.29, 1.82) is 0 Å². The van der Waals surface area contributed by atoms with E-state index in [0.717, 1.165) is 35.2 Å². The fraction of sp³-hybridized carbons (Fsp3) is 0.528. The molecule has 196 valence electrons. The molecule has 37 heavy (non-hydrogen) atoms. The van der Waals surface area contributed by atoms with E-state index >= 15 is 0 Å². The fourth-order valence-electron chi connectivity index (χ4n) is 7.92. The number of nitrogens with zero attached hydrogens (tertiary/aromatic N) is 1. The fourth-order valence-corrected chi connectivity index (χ4v) is 7.92. The van der Waals surface area contributed by atoms with Gasteiger partial charge in [-0.2, -0.15) is 0 Å². The third-order valence-corrected chi connectivity index (χ3v) is 9.12. The van der Waals surface area contributed by atoms with Crippen LogP contribution in [0.3, 0.4) is 0 Å². The molecule has 0 radical (unpaired) electrons. The Kier molecular flexibility index (Phi) is 4.76. The highest BCUT2D eigenvalue weighted by atomic mass is 14.7. The number of aryl methyl sites for hydroxylation is 1. The average molecular weight is 497 g/mol. The first kappa shape index (κ1) is 22.6. The van der Waals surface area contributed by atoms with Gasteiger partial charge >= 0.3 is 0 Å². The third-order valence-electron chi connectivity index (χ3n) is 9.12.